The smallest absolute Gasteiger partial charge is 0.0345 e. The van der Waals surface area contributed by atoms with Crippen LogP contribution in [0.2, 0.25) is 0 Å². The predicted molar refractivity (Wildman–Crippen MR) is 66.3 cm³/mol. The Morgan fingerprint density at radius 3 is 2.53 bits per heavy atom. The average molecular weight is 217 g/mol. The van der Waals surface area contributed by atoms with Gasteiger partial charge in [-0.2, -0.15) is 0 Å². The van der Waals surface area contributed by atoms with E-state index in [9.17, 15) is 0 Å². The first-order chi connectivity index (χ1) is 7.10. The Kier molecular flexibility index (Phi) is 1.77. The molecule has 0 radical (unpaired) electrons. The van der Waals surface area contributed by atoms with Crippen molar-refractivity contribution in [2.24, 2.45) is 11.1 Å². The van der Waals surface area contributed by atoms with Crippen LogP contribution in [0, 0.1) is 5.41 Å². The van der Waals surface area contributed by atoms with Crippen molar-refractivity contribution in [2.45, 2.75) is 25.8 Å². The zero-order valence-electron chi connectivity index (χ0n) is 9.03. The third-order valence-electron chi connectivity index (χ3n) is 3.66. The lowest BCUT2D eigenvalue weighted by molar-refractivity contribution is 0.601. The highest BCUT2D eigenvalue weighted by atomic mass is 32.1. The van der Waals surface area contributed by atoms with E-state index in [1.165, 1.54) is 15.0 Å². The molecule has 0 amide bonds. The molecule has 1 fully saturated rings. The summed E-state index contributed by atoms with van der Waals surface area (Å²) in [4.78, 5) is 1.45. The zero-order chi connectivity index (χ0) is 10.6. The van der Waals surface area contributed by atoms with Gasteiger partial charge in [0.05, 0.1) is 0 Å². The molecule has 0 spiro atoms. The van der Waals surface area contributed by atoms with Crippen molar-refractivity contribution in [1.82, 2.24) is 0 Å². The van der Waals surface area contributed by atoms with Gasteiger partial charge >= 0.3 is 0 Å². The number of hydrogen-bond acceptors (Lipinski definition) is 2. The lowest BCUT2D eigenvalue weighted by atomic mass is 10.1. The predicted octanol–water partition coefficient (Wildman–Crippen LogP) is 3.35. The van der Waals surface area contributed by atoms with E-state index in [4.69, 9.17) is 5.73 Å². The van der Waals surface area contributed by atoms with E-state index in [2.05, 4.69) is 44.2 Å². The van der Waals surface area contributed by atoms with E-state index < -0.39 is 0 Å². The fraction of sp³-hybridized carbons (Fsp3) is 0.385. The Hall–Kier alpha value is -0.860. The fourth-order valence-corrected chi connectivity index (χ4v) is 3.79. The molecule has 1 aliphatic rings. The molecule has 0 unspecified atom stereocenters. The Balaban J connectivity index is 2.07. The van der Waals surface area contributed by atoms with Gasteiger partial charge in [0.2, 0.25) is 0 Å². The summed E-state index contributed by atoms with van der Waals surface area (Å²) in [7, 11) is 0. The highest BCUT2D eigenvalue weighted by molar-refractivity contribution is 7.19. The summed E-state index contributed by atoms with van der Waals surface area (Å²) in [5.41, 5.74) is 6.40. The SMILES string of the molecule is CC1(C)[C@H](N)[C@H]1c1cc2ccccc2s1. The summed E-state index contributed by atoms with van der Waals surface area (Å²) in [6, 6.07) is 11.2. The molecule has 1 saturated carbocycles. The Morgan fingerprint density at radius 1 is 1.27 bits per heavy atom. The van der Waals surface area contributed by atoms with Crippen LogP contribution in [0.3, 0.4) is 0 Å². The molecule has 1 aromatic carbocycles. The molecule has 2 heteroatoms. The molecular weight excluding hydrogens is 202 g/mol. The normalized spacial score (nSPS) is 28.2. The molecule has 1 aliphatic carbocycles. The van der Waals surface area contributed by atoms with Gasteiger partial charge in [0, 0.05) is 21.5 Å². The molecule has 2 aromatic rings. The second-order valence-corrected chi connectivity index (χ2v) is 6.13. The van der Waals surface area contributed by atoms with Gasteiger partial charge in [0.1, 0.15) is 0 Å². The van der Waals surface area contributed by atoms with Gasteiger partial charge in [-0.1, -0.05) is 32.0 Å². The van der Waals surface area contributed by atoms with Crippen LogP contribution in [0.15, 0.2) is 30.3 Å². The molecule has 1 heterocycles. The summed E-state index contributed by atoms with van der Waals surface area (Å²) in [6.07, 6.45) is 0. The van der Waals surface area contributed by atoms with Crippen LogP contribution < -0.4 is 5.73 Å². The molecular formula is C13H15NS. The zero-order valence-corrected chi connectivity index (χ0v) is 9.84. The molecule has 0 bridgehead atoms. The number of thiophene rings is 1. The van der Waals surface area contributed by atoms with Crippen molar-refractivity contribution >= 4 is 21.4 Å². The number of benzene rings is 1. The molecule has 2 N–H and O–H groups in total. The molecule has 0 saturated heterocycles. The van der Waals surface area contributed by atoms with Crippen LogP contribution in [0.25, 0.3) is 10.1 Å². The van der Waals surface area contributed by atoms with Crippen LogP contribution in [0.4, 0.5) is 0 Å². The van der Waals surface area contributed by atoms with Crippen LogP contribution in [-0.4, -0.2) is 6.04 Å². The fourth-order valence-electron chi connectivity index (χ4n) is 2.38. The maximum atomic E-state index is 6.10. The van der Waals surface area contributed by atoms with E-state index in [0.717, 1.165) is 0 Å². The second kappa shape index (κ2) is 2.83. The van der Waals surface area contributed by atoms with Crippen LogP contribution in [0.1, 0.15) is 24.6 Å². The largest absolute Gasteiger partial charge is 0.327 e. The van der Waals surface area contributed by atoms with Gasteiger partial charge in [-0.25, -0.2) is 0 Å². The first-order valence-electron chi connectivity index (χ1n) is 5.35. The lowest BCUT2D eigenvalue weighted by Crippen LogP contribution is -2.06. The van der Waals surface area contributed by atoms with Crippen LogP contribution >= 0.6 is 11.3 Å². The molecule has 1 aromatic heterocycles. The minimum Gasteiger partial charge on any atom is -0.327 e. The third kappa shape index (κ3) is 1.25. The van der Waals surface area contributed by atoms with Crippen molar-refractivity contribution in [3.63, 3.8) is 0 Å². The van der Waals surface area contributed by atoms with Gasteiger partial charge in [-0.15, -0.1) is 11.3 Å². The quantitative estimate of drug-likeness (QED) is 0.779. The van der Waals surface area contributed by atoms with Crippen LogP contribution in [-0.2, 0) is 0 Å². The highest BCUT2D eigenvalue weighted by Crippen LogP contribution is 2.59. The number of rotatable bonds is 1. The molecule has 0 aliphatic heterocycles. The number of nitrogens with two attached hydrogens (primary N) is 1. The first-order valence-corrected chi connectivity index (χ1v) is 6.16. The van der Waals surface area contributed by atoms with Crippen molar-refractivity contribution in [3.05, 3.63) is 35.2 Å². The van der Waals surface area contributed by atoms with E-state index in [1.54, 1.807) is 0 Å². The van der Waals surface area contributed by atoms with Crippen molar-refractivity contribution in [1.29, 1.82) is 0 Å². The van der Waals surface area contributed by atoms with Crippen LogP contribution in [0.5, 0.6) is 0 Å². The van der Waals surface area contributed by atoms with Gasteiger partial charge in [-0.05, 0) is 22.9 Å². The minimum atomic E-state index is 0.293. The summed E-state index contributed by atoms with van der Waals surface area (Å²) in [6.45, 7) is 4.51. The van der Waals surface area contributed by atoms with Gasteiger partial charge in [-0.3, -0.25) is 0 Å². The minimum absolute atomic E-state index is 0.293. The average Bonchev–Trinajstić information content (AvgIpc) is 2.61. The third-order valence-corrected chi connectivity index (χ3v) is 4.86. The summed E-state index contributed by atoms with van der Waals surface area (Å²) in [5.74, 6) is 0.565. The molecule has 2 atom stereocenters. The molecule has 3 rings (SSSR count). The van der Waals surface area contributed by atoms with E-state index >= 15 is 0 Å². The van der Waals surface area contributed by atoms with Gasteiger partial charge in [0.15, 0.2) is 0 Å². The Bertz CT molecular complexity index is 479. The first kappa shape index (κ1) is 9.37. The molecule has 15 heavy (non-hydrogen) atoms. The van der Waals surface area contributed by atoms with Crippen molar-refractivity contribution in [3.8, 4) is 0 Å². The van der Waals surface area contributed by atoms with Gasteiger partial charge in [0.25, 0.3) is 0 Å². The van der Waals surface area contributed by atoms with E-state index in [1.807, 2.05) is 11.3 Å². The van der Waals surface area contributed by atoms with E-state index in [-0.39, 0.29) is 0 Å². The maximum absolute atomic E-state index is 6.10. The van der Waals surface area contributed by atoms with Crippen molar-refractivity contribution < 1.29 is 0 Å². The summed E-state index contributed by atoms with van der Waals surface area (Å²) < 4.78 is 1.38. The summed E-state index contributed by atoms with van der Waals surface area (Å²) in [5, 5.41) is 1.35. The highest BCUT2D eigenvalue weighted by Gasteiger charge is 2.56. The molecule has 78 valence electrons. The topological polar surface area (TPSA) is 26.0 Å². The maximum Gasteiger partial charge on any atom is 0.0345 e. The summed E-state index contributed by atoms with van der Waals surface area (Å²) >= 11 is 1.89. The lowest BCUT2D eigenvalue weighted by Gasteiger charge is -1.97. The second-order valence-electron chi connectivity index (χ2n) is 5.01. The van der Waals surface area contributed by atoms with Crippen molar-refractivity contribution in [2.75, 3.05) is 0 Å². The van der Waals surface area contributed by atoms with Gasteiger partial charge < -0.3 is 5.73 Å². The monoisotopic (exact) mass is 217 g/mol. The standard InChI is InChI=1S/C13H15NS/c1-13(2)11(12(13)14)10-7-8-5-3-4-6-9(8)15-10/h3-7,11-12H,14H2,1-2H3/t11-,12-/m1/s1. The van der Waals surface area contributed by atoms with E-state index in [0.29, 0.717) is 17.4 Å². The Labute approximate surface area is 93.9 Å². The number of hydrogen-bond donors (Lipinski definition) is 1. The Morgan fingerprint density at radius 2 is 1.93 bits per heavy atom. The molecule has 1 nitrogen and oxygen atoms in total. The number of fused-ring (bicyclic) bond motifs is 1.